The molecule has 0 saturated heterocycles. The zero-order chi connectivity index (χ0) is 14.8. The number of nitrogen functional groups attached to an aromatic ring is 1. The number of fused-ring (bicyclic) bond motifs is 1. The first-order valence-electron chi connectivity index (χ1n) is 6.97. The van der Waals surface area contributed by atoms with E-state index in [0.29, 0.717) is 6.54 Å². The maximum absolute atomic E-state index is 9.98. The van der Waals surface area contributed by atoms with Crippen molar-refractivity contribution in [2.24, 2.45) is 0 Å². The molecule has 2 aromatic rings. The average Bonchev–Trinajstić information content (AvgIpc) is 2.40. The maximum Gasteiger partial charge on any atom is 0.0767 e. The number of nitrogens with zero attached hydrogens (tertiary/aromatic N) is 2. The van der Waals surface area contributed by atoms with E-state index in [-0.39, 0.29) is 0 Å². The lowest BCUT2D eigenvalue weighted by Crippen LogP contribution is -2.38. The number of pyridine rings is 1. The number of benzene rings is 1. The van der Waals surface area contributed by atoms with Crippen LogP contribution in [0.4, 0.5) is 5.69 Å². The molecule has 0 aliphatic carbocycles. The first kappa shape index (κ1) is 14.8. The van der Waals surface area contributed by atoms with Gasteiger partial charge in [-0.05, 0) is 44.2 Å². The van der Waals surface area contributed by atoms with Crippen molar-refractivity contribution in [2.45, 2.75) is 32.9 Å². The molecule has 1 aromatic carbocycles. The monoisotopic (exact) mass is 273 g/mol. The molecule has 1 aromatic heterocycles. The van der Waals surface area contributed by atoms with Gasteiger partial charge in [-0.1, -0.05) is 13.0 Å². The van der Waals surface area contributed by atoms with Crippen LogP contribution in [0.15, 0.2) is 30.5 Å². The van der Waals surface area contributed by atoms with Gasteiger partial charge in [-0.3, -0.25) is 9.88 Å². The molecule has 0 aliphatic rings. The van der Waals surface area contributed by atoms with Crippen molar-refractivity contribution in [1.82, 2.24) is 9.88 Å². The molecule has 1 heterocycles. The van der Waals surface area contributed by atoms with Crippen LogP contribution in [-0.2, 0) is 6.54 Å². The Morgan fingerprint density at radius 1 is 1.30 bits per heavy atom. The number of nitrogens with two attached hydrogens (primary N) is 1. The number of hydrogen-bond acceptors (Lipinski definition) is 4. The van der Waals surface area contributed by atoms with Gasteiger partial charge in [0.2, 0.25) is 0 Å². The van der Waals surface area contributed by atoms with Crippen molar-refractivity contribution in [1.29, 1.82) is 0 Å². The first-order valence-corrected chi connectivity index (χ1v) is 6.97. The molecule has 20 heavy (non-hydrogen) atoms. The zero-order valence-corrected chi connectivity index (χ0v) is 12.4. The van der Waals surface area contributed by atoms with Gasteiger partial charge in [0.05, 0.1) is 11.1 Å². The van der Waals surface area contributed by atoms with Crippen molar-refractivity contribution >= 4 is 16.6 Å². The van der Waals surface area contributed by atoms with E-state index in [0.717, 1.165) is 35.2 Å². The topological polar surface area (TPSA) is 62.4 Å². The third-order valence-corrected chi connectivity index (χ3v) is 3.34. The predicted molar refractivity (Wildman–Crippen MR) is 83.4 cm³/mol. The van der Waals surface area contributed by atoms with Crippen LogP contribution in [0.1, 0.15) is 26.3 Å². The molecule has 0 unspecified atom stereocenters. The predicted octanol–water partition coefficient (Wildman–Crippen LogP) is 2.41. The Labute approximate surface area is 120 Å². The quantitative estimate of drug-likeness (QED) is 0.821. The summed E-state index contributed by atoms with van der Waals surface area (Å²) in [5, 5.41) is 11.0. The van der Waals surface area contributed by atoms with E-state index in [4.69, 9.17) is 5.73 Å². The number of aliphatic hydroxyl groups is 1. The molecule has 0 saturated carbocycles. The van der Waals surface area contributed by atoms with Crippen molar-refractivity contribution in [3.63, 3.8) is 0 Å². The Kier molecular flexibility index (Phi) is 4.26. The summed E-state index contributed by atoms with van der Waals surface area (Å²) in [5.41, 5.74) is 8.13. The highest BCUT2D eigenvalue weighted by Gasteiger charge is 2.18. The lowest BCUT2D eigenvalue weighted by molar-refractivity contribution is 0.0354. The Bertz CT molecular complexity index is 590. The second-order valence-corrected chi connectivity index (χ2v) is 5.83. The van der Waals surface area contributed by atoms with Crippen LogP contribution in [0.25, 0.3) is 10.9 Å². The molecule has 4 nitrogen and oxygen atoms in total. The SMILES string of the molecule is CCN(Cc1ccc(N)c2cccnc12)CC(C)(C)O. The minimum absolute atomic E-state index is 0.627. The summed E-state index contributed by atoms with van der Waals surface area (Å²) in [7, 11) is 0. The molecule has 3 N–H and O–H groups in total. The van der Waals surface area contributed by atoms with Crippen LogP contribution >= 0.6 is 0 Å². The van der Waals surface area contributed by atoms with Crippen LogP contribution in [0.2, 0.25) is 0 Å². The minimum atomic E-state index is -0.701. The van der Waals surface area contributed by atoms with E-state index < -0.39 is 5.60 Å². The van der Waals surface area contributed by atoms with Gasteiger partial charge in [-0.2, -0.15) is 0 Å². The van der Waals surface area contributed by atoms with Crippen molar-refractivity contribution in [3.05, 3.63) is 36.0 Å². The molecule has 0 spiro atoms. The fraction of sp³-hybridized carbons (Fsp3) is 0.438. The molecular weight excluding hydrogens is 250 g/mol. The van der Waals surface area contributed by atoms with E-state index in [9.17, 15) is 5.11 Å². The number of likely N-dealkylation sites (N-methyl/N-ethyl adjacent to an activating group) is 1. The number of anilines is 1. The van der Waals surface area contributed by atoms with Gasteiger partial charge in [0.1, 0.15) is 0 Å². The molecular formula is C16H23N3O. The smallest absolute Gasteiger partial charge is 0.0767 e. The van der Waals surface area contributed by atoms with Crippen LogP contribution < -0.4 is 5.73 Å². The molecule has 2 rings (SSSR count). The van der Waals surface area contributed by atoms with Crippen molar-refractivity contribution in [3.8, 4) is 0 Å². The van der Waals surface area contributed by atoms with E-state index in [1.165, 1.54) is 0 Å². The van der Waals surface area contributed by atoms with Gasteiger partial charge < -0.3 is 10.8 Å². The fourth-order valence-electron chi connectivity index (χ4n) is 2.45. The van der Waals surface area contributed by atoms with E-state index in [1.807, 2.05) is 38.1 Å². The van der Waals surface area contributed by atoms with Crippen molar-refractivity contribution < 1.29 is 5.11 Å². The van der Waals surface area contributed by atoms with Crippen LogP contribution in [-0.4, -0.2) is 33.7 Å². The van der Waals surface area contributed by atoms with Crippen LogP contribution in [0.5, 0.6) is 0 Å². The number of rotatable bonds is 5. The van der Waals surface area contributed by atoms with Crippen LogP contribution in [0.3, 0.4) is 0 Å². The zero-order valence-electron chi connectivity index (χ0n) is 12.4. The van der Waals surface area contributed by atoms with E-state index >= 15 is 0 Å². The largest absolute Gasteiger partial charge is 0.398 e. The summed E-state index contributed by atoms with van der Waals surface area (Å²) in [4.78, 5) is 6.66. The summed E-state index contributed by atoms with van der Waals surface area (Å²) in [6, 6.07) is 7.85. The highest BCUT2D eigenvalue weighted by Crippen LogP contribution is 2.24. The lowest BCUT2D eigenvalue weighted by atomic mass is 10.1. The lowest BCUT2D eigenvalue weighted by Gasteiger charge is -2.28. The molecule has 0 bridgehead atoms. The first-order chi connectivity index (χ1) is 9.40. The summed E-state index contributed by atoms with van der Waals surface area (Å²) in [6.07, 6.45) is 1.79. The second-order valence-electron chi connectivity index (χ2n) is 5.83. The van der Waals surface area contributed by atoms with Gasteiger partial charge in [0, 0.05) is 30.4 Å². The van der Waals surface area contributed by atoms with Gasteiger partial charge in [0.25, 0.3) is 0 Å². The average molecular weight is 273 g/mol. The summed E-state index contributed by atoms with van der Waals surface area (Å²) in [5.74, 6) is 0. The maximum atomic E-state index is 9.98. The Balaban J connectivity index is 2.31. The van der Waals surface area contributed by atoms with E-state index in [1.54, 1.807) is 6.20 Å². The summed E-state index contributed by atoms with van der Waals surface area (Å²) >= 11 is 0. The normalized spacial score (nSPS) is 12.2. The third-order valence-electron chi connectivity index (χ3n) is 3.34. The molecule has 4 heteroatoms. The highest BCUT2D eigenvalue weighted by atomic mass is 16.3. The fourth-order valence-corrected chi connectivity index (χ4v) is 2.45. The standard InChI is InChI=1S/C16H23N3O/c1-4-19(11-16(2,3)20)10-12-7-8-14(17)13-6-5-9-18-15(12)13/h5-9,20H,4,10-11,17H2,1-3H3. The molecule has 108 valence electrons. The molecule has 0 aliphatic heterocycles. The van der Waals surface area contributed by atoms with Gasteiger partial charge in [-0.15, -0.1) is 0 Å². The van der Waals surface area contributed by atoms with Gasteiger partial charge >= 0.3 is 0 Å². The minimum Gasteiger partial charge on any atom is -0.398 e. The van der Waals surface area contributed by atoms with Crippen LogP contribution in [0, 0.1) is 0 Å². The van der Waals surface area contributed by atoms with Gasteiger partial charge in [0.15, 0.2) is 0 Å². The highest BCUT2D eigenvalue weighted by molar-refractivity contribution is 5.92. The van der Waals surface area contributed by atoms with Crippen molar-refractivity contribution in [2.75, 3.05) is 18.8 Å². The number of aromatic nitrogens is 1. The Hall–Kier alpha value is -1.65. The van der Waals surface area contributed by atoms with E-state index in [2.05, 4.69) is 16.8 Å². The summed E-state index contributed by atoms with van der Waals surface area (Å²) in [6.45, 7) is 8.02. The van der Waals surface area contributed by atoms with Gasteiger partial charge in [-0.25, -0.2) is 0 Å². The third kappa shape index (κ3) is 3.46. The molecule has 0 amide bonds. The Morgan fingerprint density at radius 3 is 2.70 bits per heavy atom. The second kappa shape index (κ2) is 5.77. The molecule has 0 atom stereocenters. The molecule has 0 fully saturated rings. The molecule has 0 radical (unpaired) electrons. The Morgan fingerprint density at radius 2 is 2.05 bits per heavy atom. The number of hydrogen-bond donors (Lipinski definition) is 2. The summed E-state index contributed by atoms with van der Waals surface area (Å²) < 4.78 is 0.